The summed E-state index contributed by atoms with van der Waals surface area (Å²) >= 11 is 0. The predicted molar refractivity (Wildman–Crippen MR) is 109 cm³/mol. The fourth-order valence-electron chi connectivity index (χ4n) is 4.01. The first-order chi connectivity index (χ1) is 11.1. The summed E-state index contributed by atoms with van der Waals surface area (Å²) in [6.07, 6.45) is 6.36. The van der Waals surface area contributed by atoms with Crippen LogP contribution in [0.1, 0.15) is 49.4 Å². The van der Waals surface area contributed by atoms with Gasteiger partial charge in [-0.25, -0.2) is 0 Å². The van der Waals surface area contributed by atoms with Crippen LogP contribution in [0, 0.1) is 5.92 Å². The molecule has 2 heterocycles. The van der Waals surface area contributed by atoms with Gasteiger partial charge in [-0.1, -0.05) is 12.5 Å². The summed E-state index contributed by atoms with van der Waals surface area (Å²) in [7, 11) is 0. The van der Waals surface area contributed by atoms with Gasteiger partial charge >= 0.3 is 0 Å². The molecule has 0 saturated carbocycles. The van der Waals surface area contributed by atoms with E-state index in [-0.39, 0.29) is 30.7 Å². The molecule has 1 aromatic carbocycles. The van der Waals surface area contributed by atoms with E-state index in [0.29, 0.717) is 17.6 Å². The molecular formula is C19H31Cl2N3O. The Hall–Kier alpha value is -0.970. The van der Waals surface area contributed by atoms with Crippen molar-refractivity contribution < 1.29 is 4.79 Å². The van der Waals surface area contributed by atoms with E-state index in [1.165, 1.54) is 32.2 Å². The zero-order valence-corrected chi connectivity index (χ0v) is 16.7. The zero-order chi connectivity index (χ0) is 16.2. The van der Waals surface area contributed by atoms with Gasteiger partial charge in [0.25, 0.3) is 5.91 Å². The summed E-state index contributed by atoms with van der Waals surface area (Å²) in [6.45, 7) is 6.47. The van der Waals surface area contributed by atoms with Gasteiger partial charge < -0.3 is 15.5 Å². The van der Waals surface area contributed by atoms with Crippen LogP contribution < -0.4 is 5.73 Å². The smallest absolute Gasteiger partial charge is 0.253 e. The number of carbonyl (C=O) groups is 1. The predicted octanol–water partition coefficient (Wildman–Crippen LogP) is 3.84. The monoisotopic (exact) mass is 387 g/mol. The average Bonchev–Trinajstić information content (AvgIpc) is 2.56. The normalized spacial score (nSPS) is 24.1. The third kappa shape index (κ3) is 5.77. The minimum atomic E-state index is 0. The van der Waals surface area contributed by atoms with Crippen molar-refractivity contribution in [3.05, 3.63) is 29.8 Å². The highest BCUT2D eigenvalue weighted by Gasteiger charge is 2.28. The van der Waals surface area contributed by atoms with E-state index in [2.05, 4.69) is 11.8 Å². The Labute approximate surface area is 163 Å². The molecule has 4 nitrogen and oxygen atoms in total. The molecule has 2 fully saturated rings. The van der Waals surface area contributed by atoms with E-state index < -0.39 is 0 Å². The first-order valence-electron chi connectivity index (χ1n) is 9.02. The zero-order valence-electron chi connectivity index (χ0n) is 15.0. The van der Waals surface area contributed by atoms with E-state index in [0.717, 1.165) is 31.6 Å². The van der Waals surface area contributed by atoms with Gasteiger partial charge in [0.1, 0.15) is 0 Å². The lowest BCUT2D eigenvalue weighted by molar-refractivity contribution is 0.0594. The van der Waals surface area contributed by atoms with Gasteiger partial charge in [0.05, 0.1) is 0 Å². The highest BCUT2D eigenvalue weighted by atomic mass is 35.5. The molecule has 0 aliphatic carbocycles. The molecule has 2 aliphatic rings. The maximum atomic E-state index is 12.7. The highest BCUT2D eigenvalue weighted by molar-refractivity contribution is 5.95. The topological polar surface area (TPSA) is 49.6 Å². The van der Waals surface area contributed by atoms with Crippen LogP contribution in [0.4, 0.5) is 5.69 Å². The van der Waals surface area contributed by atoms with Crippen molar-refractivity contribution >= 4 is 36.4 Å². The third-order valence-electron chi connectivity index (χ3n) is 5.37. The van der Waals surface area contributed by atoms with Crippen molar-refractivity contribution in [2.24, 2.45) is 5.92 Å². The second-order valence-electron chi connectivity index (χ2n) is 7.22. The van der Waals surface area contributed by atoms with Gasteiger partial charge in [-0.05, 0) is 63.3 Å². The lowest BCUT2D eigenvalue weighted by Gasteiger charge is -2.39. The minimum absolute atomic E-state index is 0. The lowest BCUT2D eigenvalue weighted by Crippen LogP contribution is -2.46. The molecule has 2 unspecified atom stereocenters. The fraction of sp³-hybridized carbons (Fsp3) is 0.632. The number of benzene rings is 1. The number of carbonyl (C=O) groups excluding carboxylic acids is 1. The Morgan fingerprint density at radius 3 is 2.68 bits per heavy atom. The van der Waals surface area contributed by atoms with Crippen molar-refractivity contribution in [3.8, 4) is 0 Å². The molecule has 2 saturated heterocycles. The Morgan fingerprint density at radius 2 is 1.96 bits per heavy atom. The molecule has 0 aromatic heterocycles. The van der Waals surface area contributed by atoms with Crippen LogP contribution in [0.2, 0.25) is 0 Å². The summed E-state index contributed by atoms with van der Waals surface area (Å²) in [5, 5.41) is 0. The second-order valence-corrected chi connectivity index (χ2v) is 7.22. The first-order valence-corrected chi connectivity index (χ1v) is 9.02. The molecule has 6 heteroatoms. The lowest BCUT2D eigenvalue weighted by atomic mass is 9.94. The fourth-order valence-corrected chi connectivity index (χ4v) is 4.01. The van der Waals surface area contributed by atoms with Crippen LogP contribution in [0.3, 0.4) is 0 Å². The minimum Gasteiger partial charge on any atom is -0.399 e. The van der Waals surface area contributed by atoms with E-state index in [1.54, 1.807) is 6.07 Å². The molecule has 3 rings (SSSR count). The number of rotatable bonds is 3. The number of nitrogens with two attached hydrogens (primary N) is 1. The van der Waals surface area contributed by atoms with Gasteiger partial charge in [0, 0.05) is 36.9 Å². The Morgan fingerprint density at radius 1 is 1.16 bits per heavy atom. The van der Waals surface area contributed by atoms with Crippen molar-refractivity contribution in [1.29, 1.82) is 0 Å². The van der Waals surface area contributed by atoms with Gasteiger partial charge in [-0.15, -0.1) is 24.8 Å². The number of piperidine rings is 2. The number of nitrogens with zero attached hydrogens (tertiary/aromatic N) is 2. The maximum Gasteiger partial charge on any atom is 0.253 e. The van der Waals surface area contributed by atoms with E-state index in [9.17, 15) is 4.79 Å². The van der Waals surface area contributed by atoms with Crippen LogP contribution in [-0.2, 0) is 0 Å². The second kappa shape index (κ2) is 10.2. The number of amides is 1. The number of anilines is 1. The molecular weight excluding hydrogens is 357 g/mol. The largest absolute Gasteiger partial charge is 0.399 e. The summed E-state index contributed by atoms with van der Waals surface area (Å²) in [4.78, 5) is 17.4. The van der Waals surface area contributed by atoms with Gasteiger partial charge in [-0.3, -0.25) is 4.79 Å². The van der Waals surface area contributed by atoms with Crippen molar-refractivity contribution in [1.82, 2.24) is 9.80 Å². The molecule has 25 heavy (non-hydrogen) atoms. The van der Waals surface area contributed by atoms with Gasteiger partial charge in [0.15, 0.2) is 0 Å². The van der Waals surface area contributed by atoms with Crippen LogP contribution in [0.5, 0.6) is 0 Å². The molecule has 0 spiro atoms. The molecule has 2 atom stereocenters. The summed E-state index contributed by atoms with van der Waals surface area (Å²) in [5.41, 5.74) is 7.19. The SMILES string of the molecule is CC1CCCCN1CC1CCCN(C(=O)c2cccc(N)c2)C1.Cl.Cl. The highest BCUT2D eigenvalue weighted by Crippen LogP contribution is 2.24. The van der Waals surface area contributed by atoms with Crippen LogP contribution in [0.25, 0.3) is 0 Å². The average molecular weight is 388 g/mol. The standard InChI is InChI=1S/C19H29N3O.2ClH/c1-15-6-2-3-10-21(15)13-16-7-5-11-22(14-16)19(23)17-8-4-9-18(20)12-17;;/h4,8-9,12,15-16H,2-3,5-7,10-11,13-14,20H2,1H3;2*1H. The number of hydrogen-bond acceptors (Lipinski definition) is 3. The number of nitrogen functional groups attached to an aromatic ring is 1. The maximum absolute atomic E-state index is 12.7. The third-order valence-corrected chi connectivity index (χ3v) is 5.37. The quantitative estimate of drug-likeness (QED) is 0.801. The molecule has 142 valence electrons. The van der Waals surface area contributed by atoms with E-state index in [4.69, 9.17) is 5.73 Å². The van der Waals surface area contributed by atoms with Crippen LogP contribution in [0.15, 0.2) is 24.3 Å². The van der Waals surface area contributed by atoms with Crippen LogP contribution >= 0.6 is 24.8 Å². The van der Waals surface area contributed by atoms with Gasteiger partial charge in [0.2, 0.25) is 0 Å². The summed E-state index contributed by atoms with van der Waals surface area (Å²) in [6, 6.07) is 8.05. The van der Waals surface area contributed by atoms with E-state index in [1.807, 2.05) is 23.1 Å². The number of halogens is 2. The summed E-state index contributed by atoms with van der Waals surface area (Å²) in [5.74, 6) is 0.739. The Balaban J connectivity index is 0.00000156. The van der Waals surface area contributed by atoms with E-state index >= 15 is 0 Å². The Bertz CT molecular complexity index is 555. The molecule has 0 bridgehead atoms. The number of hydrogen-bond donors (Lipinski definition) is 1. The molecule has 2 N–H and O–H groups in total. The number of likely N-dealkylation sites (tertiary alicyclic amines) is 2. The molecule has 1 amide bonds. The molecule has 1 aromatic rings. The van der Waals surface area contributed by atoms with Crippen molar-refractivity contribution in [2.75, 3.05) is 31.9 Å². The summed E-state index contributed by atoms with van der Waals surface area (Å²) < 4.78 is 0. The van der Waals surface area contributed by atoms with Crippen LogP contribution in [-0.4, -0.2) is 47.9 Å². The Kier molecular flexibility index (Phi) is 9.04. The van der Waals surface area contributed by atoms with Crippen molar-refractivity contribution in [2.45, 2.75) is 45.1 Å². The molecule has 0 radical (unpaired) electrons. The molecule has 2 aliphatic heterocycles. The first kappa shape index (κ1) is 22.1. The van der Waals surface area contributed by atoms with Gasteiger partial charge in [-0.2, -0.15) is 0 Å². The van der Waals surface area contributed by atoms with Crippen molar-refractivity contribution in [3.63, 3.8) is 0 Å².